The predicted octanol–water partition coefficient (Wildman–Crippen LogP) is 4.57. The van der Waals surface area contributed by atoms with Crippen molar-refractivity contribution in [2.75, 3.05) is 11.4 Å². The van der Waals surface area contributed by atoms with Crippen LogP contribution in [0.4, 0.5) is 5.69 Å². The molecule has 2 aliphatic heterocycles. The summed E-state index contributed by atoms with van der Waals surface area (Å²) in [6, 6.07) is 11.4. The first-order valence-electron chi connectivity index (χ1n) is 8.88. The third-order valence-corrected chi connectivity index (χ3v) is 7.08. The Balaban J connectivity index is 1.78. The number of ketones is 1. The van der Waals surface area contributed by atoms with Gasteiger partial charge in [0, 0.05) is 11.4 Å². The second-order valence-electron chi connectivity index (χ2n) is 6.67. The van der Waals surface area contributed by atoms with Crippen molar-refractivity contribution < 1.29 is 17.4 Å². The number of para-hydroxylation sites is 1. The molecule has 0 amide bonds. The van der Waals surface area contributed by atoms with E-state index in [2.05, 4.69) is 4.90 Å². The van der Waals surface area contributed by atoms with Crippen LogP contribution >= 0.6 is 11.8 Å². The number of fused-ring (bicyclic) bond motifs is 2. The Bertz CT molecular complexity index is 1160. The molecule has 0 saturated carbocycles. The van der Waals surface area contributed by atoms with Gasteiger partial charge in [-0.15, -0.1) is 0 Å². The van der Waals surface area contributed by atoms with E-state index in [-0.39, 0.29) is 10.7 Å². The molecule has 0 bridgehead atoms. The number of hydrogen-bond donors (Lipinski definition) is 0. The molecule has 0 saturated heterocycles. The maximum absolute atomic E-state index is 13.0. The fourth-order valence-corrected chi connectivity index (χ4v) is 5.64. The minimum atomic E-state index is -4.16. The van der Waals surface area contributed by atoms with Gasteiger partial charge in [0.25, 0.3) is 0 Å². The Morgan fingerprint density at radius 3 is 2.64 bits per heavy atom. The smallest absolute Gasteiger partial charge is 0.343 e. The standard InChI is InChI=1S/C21H19NO4S2/c1-4-22-15-7-5-6-8-17(15)27-19(22)10-9-18-21(23)20-14(3)11-13(2)12-16(20)26-28(18,24)25/h5-12H,4H2,1-3H3. The van der Waals surface area contributed by atoms with E-state index < -0.39 is 15.9 Å². The van der Waals surface area contributed by atoms with E-state index in [9.17, 15) is 13.2 Å². The summed E-state index contributed by atoms with van der Waals surface area (Å²) in [7, 11) is -4.16. The minimum absolute atomic E-state index is 0.102. The van der Waals surface area contributed by atoms with E-state index in [1.165, 1.54) is 6.08 Å². The summed E-state index contributed by atoms with van der Waals surface area (Å²) >= 11 is 1.55. The summed E-state index contributed by atoms with van der Waals surface area (Å²) < 4.78 is 30.4. The van der Waals surface area contributed by atoms with Crippen LogP contribution in [0.1, 0.15) is 28.4 Å². The normalized spacial score (nSPS) is 20.2. The average Bonchev–Trinajstić information content (AvgIpc) is 2.97. The van der Waals surface area contributed by atoms with Crippen molar-refractivity contribution in [3.63, 3.8) is 0 Å². The molecule has 0 aromatic heterocycles. The Labute approximate surface area is 168 Å². The van der Waals surface area contributed by atoms with Crippen molar-refractivity contribution in [3.05, 3.63) is 75.2 Å². The van der Waals surface area contributed by atoms with Gasteiger partial charge in [-0.2, -0.15) is 8.42 Å². The monoisotopic (exact) mass is 413 g/mol. The SMILES string of the molecule is CCN1C(=CC=C2C(=O)c3c(C)cc(C)cc3OS2(=O)=O)Sc2ccccc21. The molecule has 7 heteroatoms. The van der Waals surface area contributed by atoms with Crippen molar-refractivity contribution in [2.45, 2.75) is 25.7 Å². The highest BCUT2D eigenvalue weighted by atomic mass is 32.2. The van der Waals surface area contributed by atoms with E-state index in [0.29, 0.717) is 11.1 Å². The third-order valence-electron chi connectivity index (χ3n) is 4.69. The molecule has 0 fully saturated rings. The number of thioether (sulfide) groups is 1. The van der Waals surface area contributed by atoms with Gasteiger partial charge < -0.3 is 9.08 Å². The summed E-state index contributed by atoms with van der Waals surface area (Å²) in [6.07, 6.45) is 3.04. The van der Waals surface area contributed by atoms with Gasteiger partial charge in [-0.1, -0.05) is 30.0 Å². The van der Waals surface area contributed by atoms with Crippen LogP contribution in [0.15, 0.2) is 63.4 Å². The third kappa shape index (κ3) is 3.04. The topological polar surface area (TPSA) is 63.7 Å². The number of nitrogens with zero attached hydrogens (tertiary/aromatic N) is 1. The van der Waals surface area contributed by atoms with E-state index >= 15 is 0 Å². The zero-order valence-electron chi connectivity index (χ0n) is 15.7. The fourth-order valence-electron chi connectivity index (χ4n) is 3.49. The summed E-state index contributed by atoms with van der Waals surface area (Å²) in [5, 5.41) is 0.866. The summed E-state index contributed by atoms with van der Waals surface area (Å²) in [6.45, 7) is 6.37. The molecule has 4 rings (SSSR count). The van der Waals surface area contributed by atoms with Crippen molar-refractivity contribution in [3.8, 4) is 5.75 Å². The largest absolute Gasteiger partial charge is 0.378 e. The molecular formula is C21H19NO4S2. The van der Waals surface area contributed by atoms with Crippen LogP contribution in [-0.4, -0.2) is 20.7 Å². The van der Waals surface area contributed by atoms with Crippen molar-refractivity contribution in [1.82, 2.24) is 0 Å². The molecule has 2 aromatic carbocycles. The van der Waals surface area contributed by atoms with Crippen LogP contribution in [0.2, 0.25) is 0 Å². The van der Waals surface area contributed by atoms with E-state index in [1.54, 1.807) is 30.8 Å². The van der Waals surface area contributed by atoms with Gasteiger partial charge in [0.1, 0.15) is 0 Å². The van der Waals surface area contributed by atoms with Gasteiger partial charge in [0.2, 0.25) is 5.78 Å². The quantitative estimate of drug-likeness (QED) is 0.531. The summed E-state index contributed by atoms with van der Waals surface area (Å²) in [4.78, 5) is 15.8. The van der Waals surface area contributed by atoms with Gasteiger partial charge >= 0.3 is 10.1 Å². The van der Waals surface area contributed by atoms with Crippen LogP contribution in [0, 0.1) is 13.8 Å². The first kappa shape index (κ1) is 18.8. The molecule has 144 valence electrons. The van der Waals surface area contributed by atoms with Crippen molar-refractivity contribution >= 4 is 33.4 Å². The molecule has 5 nitrogen and oxygen atoms in total. The Hall–Kier alpha value is -2.51. The fraction of sp³-hybridized carbons (Fsp3) is 0.190. The van der Waals surface area contributed by atoms with E-state index in [0.717, 1.165) is 27.7 Å². The lowest BCUT2D eigenvalue weighted by Gasteiger charge is -2.21. The molecule has 0 spiro atoms. The van der Waals surface area contributed by atoms with Crippen LogP contribution in [0.25, 0.3) is 0 Å². The molecule has 0 atom stereocenters. The number of Topliss-reactive ketones (excluding diaryl/α,β-unsaturated/α-hetero) is 1. The second kappa shape index (κ2) is 6.83. The van der Waals surface area contributed by atoms with Gasteiger partial charge in [-0.25, -0.2) is 0 Å². The zero-order valence-corrected chi connectivity index (χ0v) is 17.4. The molecule has 0 aliphatic carbocycles. The van der Waals surface area contributed by atoms with Crippen LogP contribution < -0.4 is 9.08 Å². The van der Waals surface area contributed by atoms with Crippen LogP contribution in [0.3, 0.4) is 0 Å². The van der Waals surface area contributed by atoms with Crippen LogP contribution in [-0.2, 0) is 10.1 Å². The lowest BCUT2D eigenvalue weighted by atomic mass is 10.00. The Kier molecular flexibility index (Phi) is 4.59. The second-order valence-corrected chi connectivity index (χ2v) is 9.25. The number of anilines is 1. The van der Waals surface area contributed by atoms with E-state index in [4.69, 9.17) is 4.18 Å². The number of hydrogen-bond acceptors (Lipinski definition) is 6. The predicted molar refractivity (Wildman–Crippen MR) is 111 cm³/mol. The molecular weight excluding hydrogens is 394 g/mol. The Morgan fingerprint density at radius 1 is 1.14 bits per heavy atom. The molecule has 28 heavy (non-hydrogen) atoms. The maximum Gasteiger partial charge on any atom is 0.343 e. The molecule has 2 heterocycles. The Morgan fingerprint density at radius 2 is 1.89 bits per heavy atom. The number of benzene rings is 2. The summed E-state index contributed by atoms with van der Waals surface area (Å²) in [5.41, 5.74) is 2.92. The highest BCUT2D eigenvalue weighted by molar-refractivity contribution is 8.03. The number of carbonyl (C=O) groups excluding carboxylic acids is 1. The lowest BCUT2D eigenvalue weighted by molar-refractivity contribution is 0.103. The highest BCUT2D eigenvalue weighted by Gasteiger charge is 2.37. The number of aryl methyl sites for hydroxylation is 2. The van der Waals surface area contributed by atoms with Gasteiger partial charge in [0.05, 0.1) is 16.3 Å². The molecule has 0 unspecified atom stereocenters. The average molecular weight is 414 g/mol. The minimum Gasteiger partial charge on any atom is -0.378 e. The van der Waals surface area contributed by atoms with Gasteiger partial charge in [-0.05, 0) is 62.2 Å². The highest BCUT2D eigenvalue weighted by Crippen LogP contribution is 2.45. The first-order chi connectivity index (χ1) is 13.3. The maximum atomic E-state index is 13.0. The molecule has 2 aromatic rings. The van der Waals surface area contributed by atoms with Crippen molar-refractivity contribution in [1.29, 1.82) is 0 Å². The number of allylic oxidation sites excluding steroid dienone is 3. The molecule has 0 radical (unpaired) electrons. The van der Waals surface area contributed by atoms with Gasteiger partial charge in [-0.3, -0.25) is 4.79 Å². The van der Waals surface area contributed by atoms with Crippen LogP contribution in [0.5, 0.6) is 5.75 Å². The number of carbonyl (C=O) groups is 1. The van der Waals surface area contributed by atoms with E-state index in [1.807, 2.05) is 44.2 Å². The molecule has 0 N–H and O–H groups in total. The summed E-state index contributed by atoms with van der Waals surface area (Å²) in [5.74, 6) is -0.427. The first-order valence-corrected chi connectivity index (χ1v) is 11.1. The zero-order chi connectivity index (χ0) is 20.1. The molecule has 2 aliphatic rings. The number of rotatable bonds is 2. The lowest BCUT2D eigenvalue weighted by Crippen LogP contribution is -2.26. The van der Waals surface area contributed by atoms with Crippen molar-refractivity contribution in [2.24, 2.45) is 0 Å². The van der Waals surface area contributed by atoms with Gasteiger partial charge in [0.15, 0.2) is 10.7 Å².